The van der Waals surface area contributed by atoms with E-state index in [2.05, 4.69) is 20.9 Å². The molecular weight excluding hydrogens is 374 g/mol. The van der Waals surface area contributed by atoms with E-state index in [-0.39, 0.29) is 6.61 Å². The Morgan fingerprint density at radius 3 is 2.57 bits per heavy atom. The summed E-state index contributed by atoms with van der Waals surface area (Å²) in [5, 5.41) is 9.43. The number of esters is 1. The molecule has 0 aliphatic carbocycles. The van der Waals surface area contributed by atoms with Gasteiger partial charge in [-0.2, -0.15) is 5.26 Å². The van der Waals surface area contributed by atoms with Crippen LogP contribution >= 0.6 is 12.2 Å². The normalized spacial score (nSPS) is 14.5. The zero-order chi connectivity index (χ0) is 20.1. The van der Waals surface area contributed by atoms with E-state index in [4.69, 9.17) is 17.0 Å². The highest BCUT2D eigenvalue weighted by Crippen LogP contribution is 2.18. The largest absolute Gasteiger partial charge is 0.462 e. The summed E-state index contributed by atoms with van der Waals surface area (Å²) in [5.41, 5.74) is 2.60. The van der Waals surface area contributed by atoms with E-state index >= 15 is 0 Å². The Hall–Kier alpha value is -2.76. The minimum atomic E-state index is -0.428. The van der Waals surface area contributed by atoms with Crippen LogP contribution in [0.25, 0.3) is 0 Å². The van der Waals surface area contributed by atoms with Gasteiger partial charge in [-0.3, -0.25) is 9.88 Å². The summed E-state index contributed by atoms with van der Waals surface area (Å²) in [5.74, 6) is -0.428. The predicted molar refractivity (Wildman–Crippen MR) is 109 cm³/mol. The zero-order valence-corrected chi connectivity index (χ0v) is 16.9. The third-order valence-corrected chi connectivity index (χ3v) is 5.36. The molecule has 3 heterocycles. The maximum absolute atomic E-state index is 12.3. The molecule has 0 bridgehead atoms. The highest BCUT2D eigenvalue weighted by atomic mass is 32.1. The molecule has 8 heteroatoms. The average molecular weight is 398 g/mol. The van der Waals surface area contributed by atoms with E-state index in [1.165, 1.54) is 11.8 Å². The van der Waals surface area contributed by atoms with Gasteiger partial charge in [-0.05, 0) is 32.0 Å². The third-order valence-electron chi connectivity index (χ3n) is 4.92. The van der Waals surface area contributed by atoms with Crippen molar-refractivity contribution < 1.29 is 9.53 Å². The molecule has 146 valence electrons. The Labute approximate surface area is 169 Å². The molecule has 28 heavy (non-hydrogen) atoms. The Morgan fingerprint density at radius 1 is 1.29 bits per heavy atom. The maximum Gasteiger partial charge on any atom is 0.339 e. The van der Waals surface area contributed by atoms with Crippen LogP contribution in [0.3, 0.4) is 0 Å². The van der Waals surface area contributed by atoms with Gasteiger partial charge in [0.2, 0.25) is 0 Å². The number of nitrogens with zero attached hydrogens (tertiary/aromatic N) is 5. The Balaban J connectivity index is 1.79. The summed E-state index contributed by atoms with van der Waals surface area (Å²) < 4.78 is 7.45. The minimum Gasteiger partial charge on any atom is -0.462 e. The van der Waals surface area contributed by atoms with Crippen molar-refractivity contribution in [3.05, 3.63) is 52.1 Å². The van der Waals surface area contributed by atoms with Gasteiger partial charge in [0.05, 0.1) is 24.4 Å². The summed E-state index contributed by atoms with van der Waals surface area (Å²) >= 11 is 5.50. The van der Waals surface area contributed by atoms with Crippen LogP contribution in [0.5, 0.6) is 0 Å². The first-order chi connectivity index (χ1) is 13.5. The van der Waals surface area contributed by atoms with Gasteiger partial charge >= 0.3 is 5.97 Å². The fourth-order valence-electron chi connectivity index (χ4n) is 3.32. The summed E-state index contributed by atoms with van der Waals surface area (Å²) in [6, 6.07) is 7.66. The van der Waals surface area contributed by atoms with Crippen LogP contribution in [0.2, 0.25) is 0 Å². The second-order valence-electron chi connectivity index (χ2n) is 6.57. The number of ether oxygens (including phenoxy) is 1. The molecule has 0 aromatic carbocycles. The van der Waals surface area contributed by atoms with Crippen LogP contribution in [0.15, 0.2) is 30.6 Å². The first kappa shape index (κ1) is 20.0. The number of hydrogen-bond acceptors (Lipinski definition) is 7. The van der Waals surface area contributed by atoms with E-state index < -0.39 is 5.97 Å². The first-order valence-electron chi connectivity index (χ1n) is 9.24. The Bertz CT molecular complexity index is 944. The minimum absolute atomic E-state index is 0.284. The fraction of sp³-hybridized carbons (Fsp3) is 0.400. The van der Waals surface area contributed by atoms with Crippen molar-refractivity contribution in [3.8, 4) is 6.07 Å². The van der Waals surface area contributed by atoms with Crippen molar-refractivity contribution in [3.63, 3.8) is 0 Å². The van der Waals surface area contributed by atoms with E-state index in [9.17, 15) is 10.1 Å². The summed E-state index contributed by atoms with van der Waals surface area (Å²) in [6.45, 7) is 7.92. The topological polar surface area (TPSA) is 74.4 Å². The quantitative estimate of drug-likeness (QED) is 0.567. The first-order valence-corrected chi connectivity index (χ1v) is 9.65. The summed E-state index contributed by atoms with van der Waals surface area (Å²) in [7, 11) is 0. The lowest BCUT2D eigenvalue weighted by molar-refractivity contribution is 0.0523. The number of hydrogen-bond donors (Lipinski definition) is 0. The van der Waals surface area contributed by atoms with Gasteiger partial charge < -0.3 is 14.2 Å². The SMILES string of the molecule is CCOC(=O)c1cc(C#N)c(=S)n(CN2CCN(c3ccncc3)CC2)c1C. The number of nitriles is 1. The van der Waals surface area contributed by atoms with Gasteiger partial charge in [-0.25, -0.2) is 4.79 Å². The van der Waals surface area contributed by atoms with Crippen molar-refractivity contribution >= 4 is 23.9 Å². The van der Waals surface area contributed by atoms with Crippen molar-refractivity contribution in [2.24, 2.45) is 0 Å². The van der Waals surface area contributed by atoms with Gasteiger partial charge in [-0.15, -0.1) is 0 Å². The number of aromatic nitrogens is 2. The predicted octanol–water partition coefficient (Wildman–Crippen LogP) is 2.75. The Kier molecular flexibility index (Phi) is 6.39. The van der Waals surface area contributed by atoms with Crippen molar-refractivity contribution in [1.82, 2.24) is 14.5 Å². The molecule has 1 aliphatic rings. The number of rotatable bonds is 5. The monoisotopic (exact) mass is 397 g/mol. The molecule has 1 aliphatic heterocycles. The van der Waals surface area contributed by atoms with Gasteiger partial charge in [0, 0.05) is 50.0 Å². The summed E-state index contributed by atoms with van der Waals surface area (Å²) in [6.07, 6.45) is 3.60. The lowest BCUT2D eigenvalue weighted by Gasteiger charge is -2.36. The average Bonchev–Trinajstić information content (AvgIpc) is 2.72. The van der Waals surface area contributed by atoms with E-state index in [1.807, 2.05) is 23.6 Å². The standard InChI is InChI=1S/C20H23N5O2S/c1-3-27-20(26)18-12-16(13-21)19(28)25(15(18)2)14-23-8-10-24(11-9-23)17-4-6-22-7-5-17/h4-7,12H,3,8-11,14H2,1-2H3. The highest BCUT2D eigenvalue weighted by Gasteiger charge is 2.21. The number of pyridine rings is 2. The fourth-order valence-corrected chi connectivity index (χ4v) is 3.62. The molecule has 2 aromatic rings. The molecule has 0 radical (unpaired) electrons. The van der Waals surface area contributed by atoms with Crippen LogP contribution in [0, 0.1) is 22.9 Å². The molecule has 0 amide bonds. The molecule has 0 spiro atoms. The third kappa shape index (κ3) is 4.21. The molecule has 7 nitrogen and oxygen atoms in total. The molecule has 0 atom stereocenters. The van der Waals surface area contributed by atoms with E-state index in [0.717, 1.165) is 31.9 Å². The molecule has 0 unspecified atom stereocenters. The molecule has 3 rings (SSSR count). The molecule has 0 N–H and O–H groups in total. The molecule has 1 fully saturated rings. The van der Waals surface area contributed by atoms with Crippen LogP contribution in [-0.2, 0) is 11.4 Å². The van der Waals surface area contributed by atoms with Gasteiger partial charge in [0.15, 0.2) is 0 Å². The van der Waals surface area contributed by atoms with E-state index in [0.29, 0.717) is 22.4 Å². The zero-order valence-electron chi connectivity index (χ0n) is 16.1. The van der Waals surface area contributed by atoms with Gasteiger partial charge in [-0.1, -0.05) is 12.2 Å². The molecule has 2 aromatic heterocycles. The number of anilines is 1. The molecule has 1 saturated heterocycles. The van der Waals surface area contributed by atoms with Crippen molar-refractivity contribution in [2.75, 3.05) is 37.7 Å². The van der Waals surface area contributed by atoms with Crippen LogP contribution in [0.4, 0.5) is 5.69 Å². The number of piperazine rings is 1. The maximum atomic E-state index is 12.3. The lowest BCUT2D eigenvalue weighted by Crippen LogP contribution is -2.47. The number of carbonyl (C=O) groups is 1. The van der Waals surface area contributed by atoms with Gasteiger partial charge in [0.25, 0.3) is 0 Å². The van der Waals surface area contributed by atoms with E-state index in [1.54, 1.807) is 19.3 Å². The van der Waals surface area contributed by atoms with Crippen molar-refractivity contribution in [2.45, 2.75) is 20.5 Å². The van der Waals surface area contributed by atoms with Gasteiger partial charge in [0.1, 0.15) is 10.7 Å². The lowest BCUT2D eigenvalue weighted by atomic mass is 10.1. The smallest absolute Gasteiger partial charge is 0.339 e. The Morgan fingerprint density at radius 2 is 1.96 bits per heavy atom. The summed E-state index contributed by atoms with van der Waals surface area (Å²) in [4.78, 5) is 20.9. The molecular formula is C20H23N5O2S. The van der Waals surface area contributed by atoms with Crippen LogP contribution in [-0.4, -0.2) is 53.2 Å². The number of carbonyl (C=O) groups excluding carboxylic acids is 1. The highest BCUT2D eigenvalue weighted by molar-refractivity contribution is 7.71. The second kappa shape index (κ2) is 8.95. The van der Waals surface area contributed by atoms with Crippen LogP contribution < -0.4 is 4.90 Å². The molecule has 0 saturated carbocycles. The van der Waals surface area contributed by atoms with Crippen molar-refractivity contribution in [1.29, 1.82) is 5.26 Å². The second-order valence-corrected chi connectivity index (χ2v) is 6.96. The van der Waals surface area contributed by atoms with Crippen LogP contribution in [0.1, 0.15) is 28.5 Å².